The highest BCUT2D eigenvalue weighted by Crippen LogP contribution is 2.34. The number of phenols is 1. The predicted octanol–water partition coefficient (Wildman–Crippen LogP) is 3.50. The summed E-state index contributed by atoms with van der Waals surface area (Å²) in [5, 5.41) is 11.6. The van der Waals surface area contributed by atoms with Crippen molar-refractivity contribution in [2.45, 2.75) is 6.92 Å². The van der Waals surface area contributed by atoms with Crippen molar-refractivity contribution in [3.05, 3.63) is 41.5 Å². The number of rotatable bonds is 2. The molecule has 0 spiro atoms. The zero-order chi connectivity index (χ0) is 12.5. The standard InChI is InChI=1S/C13H10N2O2S/c1-8-10(16)3-2-4-11(8)17-13-12-9(5-6-18-12)14-7-15-13/h2-7,16H,1H3. The second kappa shape index (κ2) is 4.27. The van der Waals surface area contributed by atoms with Gasteiger partial charge in [0.25, 0.3) is 0 Å². The lowest BCUT2D eigenvalue weighted by atomic mass is 10.2. The Kier molecular flexibility index (Phi) is 2.60. The third-order valence-electron chi connectivity index (χ3n) is 2.67. The molecule has 1 aromatic carbocycles. The Labute approximate surface area is 108 Å². The summed E-state index contributed by atoms with van der Waals surface area (Å²) in [5.74, 6) is 1.33. The van der Waals surface area contributed by atoms with Crippen LogP contribution in [0.2, 0.25) is 0 Å². The molecule has 5 heteroatoms. The van der Waals surface area contributed by atoms with Gasteiger partial charge in [0.15, 0.2) is 0 Å². The summed E-state index contributed by atoms with van der Waals surface area (Å²) >= 11 is 1.53. The second-order valence-electron chi connectivity index (χ2n) is 3.82. The first-order valence-corrected chi connectivity index (χ1v) is 6.28. The van der Waals surface area contributed by atoms with Gasteiger partial charge in [0.1, 0.15) is 22.5 Å². The molecule has 0 atom stereocenters. The maximum absolute atomic E-state index is 9.64. The fourth-order valence-corrected chi connectivity index (χ4v) is 2.43. The van der Waals surface area contributed by atoms with Crippen molar-refractivity contribution in [1.82, 2.24) is 9.97 Å². The van der Waals surface area contributed by atoms with Crippen molar-refractivity contribution in [2.75, 3.05) is 0 Å². The van der Waals surface area contributed by atoms with Crippen LogP contribution in [-0.4, -0.2) is 15.1 Å². The van der Waals surface area contributed by atoms with Crippen LogP contribution in [0.3, 0.4) is 0 Å². The van der Waals surface area contributed by atoms with Crippen LogP contribution in [0.4, 0.5) is 0 Å². The molecule has 0 fully saturated rings. The van der Waals surface area contributed by atoms with Crippen molar-refractivity contribution < 1.29 is 9.84 Å². The maximum atomic E-state index is 9.64. The number of ether oxygens (including phenoxy) is 1. The average Bonchev–Trinajstić information content (AvgIpc) is 2.84. The van der Waals surface area contributed by atoms with Gasteiger partial charge in [0.2, 0.25) is 5.88 Å². The van der Waals surface area contributed by atoms with Crippen LogP contribution in [0.15, 0.2) is 36.0 Å². The van der Waals surface area contributed by atoms with Gasteiger partial charge in [-0.2, -0.15) is 0 Å². The maximum Gasteiger partial charge on any atom is 0.240 e. The van der Waals surface area contributed by atoms with Gasteiger partial charge >= 0.3 is 0 Å². The average molecular weight is 258 g/mol. The molecule has 0 aliphatic heterocycles. The minimum Gasteiger partial charge on any atom is -0.508 e. The molecular formula is C13H10N2O2S. The number of thiophene rings is 1. The van der Waals surface area contributed by atoms with Gasteiger partial charge in [0, 0.05) is 5.56 Å². The van der Waals surface area contributed by atoms with E-state index in [1.165, 1.54) is 17.7 Å². The fourth-order valence-electron chi connectivity index (χ4n) is 1.66. The van der Waals surface area contributed by atoms with E-state index in [0.29, 0.717) is 17.2 Å². The van der Waals surface area contributed by atoms with Crippen LogP contribution in [-0.2, 0) is 0 Å². The van der Waals surface area contributed by atoms with Crippen LogP contribution in [0.25, 0.3) is 10.2 Å². The molecule has 3 rings (SSSR count). The van der Waals surface area contributed by atoms with E-state index in [4.69, 9.17) is 4.74 Å². The smallest absolute Gasteiger partial charge is 0.240 e. The molecule has 0 saturated carbocycles. The quantitative estimate of drug-likeness (QED) is 0.764. The molecule has 0 saturated heterocycles. The van der Waals surface area contributed by atoms with E-state index in [9.17, 15) is 5.11 Å². The molecule has 90 valence electrons. The number of nitrogens with zero attached hydrogens (tertiary/aromatic N) is 2. The van der Waals surface area contributed by atoms with Crippen molar-refractivity contribution in [1.29, 1.82) is 0 Å². The highest BCUT2D eigenvalue weighted by molar-refractivity contribution is 7.17. The lowest BCUT2D eigenvalue weighted by molar-refractivity contribution is 0.442. The van der Waals surface area contributed by atoms with E-state index >= 15 is 0 Å². The molecule has 18 heavy (non-hydrogen) atoms. The third kappa shape index (κ3) is 1.78. The largest absolute Gasteiger partial charge is 0.508 e. The highest BCUT2D eigenvalue weighted by atomic mass is 32.1. The molecule has 1 N–H and O–H groups in total. The summed E-state index contributed by atoms with van der Waals surface area (Å²) in [6.45, 7) is 1.80. The topological polar surface area (TPSA) is 55.2 Å². The fraction of sp³-hybridized carbons (Fsp3) is 0.0769. The Hall–Kier alpha value is -2.14. The monoisotopic (exact) mass is 258 g/mol. The molecule has 0 bridgehead atoms. The van der Waals surface area contributed by atoms with Gasteiger partial charge in [0.05, 0.1) is 5.52 Å². The van der Waals surface area contributed by atoms with Crippen molar-refractivity contribution >= 4 is 21.6 Å². The van der Waals surface area contributed by atoms with E-state index in [1.54, 1.807) is 25.1 Å². The van der Waals surface area contributed by atoms with Crippen molar-refractivity contribution in [3.63, 3.8) is 0 Å². The van der Waals surface area contributed by atoms with Gasteiger partial charge in [-0.15, -0.1) is 11.3 Å². The molecule has 0 aliphatic carbocycles. The first-order chi connectivity index (χ1) is 8.75. The van der Waals surface area contributed by atoms with Gasteiger partial charge in [-0.1, -0.05) is 6.07 Å². The van der Waals surface area contributed by atoms with Crippen LogP contribution < -0.4 is 4.74 Å². The Morgan fingerprint density at radius 1 is 1.22 bits per heavy atom. The zero-order valence-corrected chi connectivity index (χ0v) is 10.4. The third-order valence-corrected chi connectivity index (χ3v) is 3.56. The number of aromatic hydroxyl groups is 1. The van der Waals surface area contributed by atoms with E-state index in [1.807, 2.05) is 11.4 Å². The van der Waals surface area contributed by atoms with Crippen LogP contribution in [0.1, 0.15) is 5.56 Å². The van der Waals surface area contributed by atoms with Crippen LogP contribution in [0.5, 0.6) is 17.4 Å². The molecule has 3 aromatic rings. The van der Waals surface area contributed by atoms with E-state index < -0.39 is 0 Å². The Morgan fingerprint density at radius 3 is 3.00 bits per heavy atom. The Bertz CT molecular complexity index is 709. The van der Waals surface area contributed by atoms with Gasteiger partial charge in [-0.3, -0.25) is 0 Å². The Morgan fingerprint density at radius 2 is 2.11 bits per heavy atom. The Balaban J connectivity index is 2.06. The van der Waals surface area contributed by atoms with Gasteiger partial charge in [-0.25, -0.2) is 9.97 Å². The first kappa shape index (κ1) is 11.0. The van der Waals surface area contributed by atoms with E-state index in [-0.39, 0.29) is 5.75 Å². The molecule has 4 nitrogen and oxygen atoms in total. The summed E-state index contributed by atoms with van der Waals surface area (Å²) in [6, 6.07) is 7.09. The summed E-state index contributed by atoms with van der Waals surface area (Å²) in [6.07, 6.45) is 1.47. The normalized spacial score (nSPS) is 10.7. The first-order valence-electron chi connectivity index (χ1n) is 5.40. The van der Waals surface area contributed by atoms with Crippen molar-refractivity contribution in [2.24, 2.45) is 0 Å². The molecule has 0 unspecified atom stereocenters. The summed E-state index contributed by atoms with van der Waals surface area (Å²) in [5.41, 5.74) is 1.56. The lowest BCUT2D eigenvalue weighted by Crippen LogP contribution is -1.91. The van der Waals surface area contributed by atoms with Crippen LogP contribution >= 0.6 is 11.3 Å². The minimum absolute atomic E-state index is 0.212. The minimum atomic E-state index is 0.212. The highest BCUT2D eigenvalue weighted by Gasteiger charge is 2.10. The number of benzene rings is 1. The number of fused-ring (bicyclic) bond motifs is 1. The zero-order valence-electron chi connectivity index (χ0n) is 9.62. The molecule has 2 heterocycles. The summed E-state index contributed by atoms with van der Waals surface area (Å²) in [7, 11) is 0. The van der Waals surface area contributed by atoms with Gasteiger partial charge < -0.3 is 9.84 Å². The predicted molar refractivity (Wildman–Crippen MR) is 70.3 cm³/mol. The molecular weight excluding hydrogens is 248 g/mol. The molecule has 0 aliphatic rings. The number of aromatic nitrogens is 2. The second-order valence-corrected chi connectivity index (χ2v) is 4.73. The lowest BCUT2D eigenvalue weighted by Gasteiger charge is -2.08. The SMILES string of the molecule is Cc1c(O)cccc1Oc1ncnc2ccsc12. The number of hydrogen-bond donors (Lipinski definition) is 1. The number of phenolic OH excluding ortho intramolecular Hbond substituents is 1. The molecule has 2 aromatic heterocycles. The van der Waals surface area contributed by atoms with Gasteiger partial charge in [-0.05, 0) is 30.5 Å². The molecule has 0 radical (unpaired) electrons. The van der Waals surface area contributed by atoms with Crippen molar-refractivity contribution in [3.8, 4) is 17.4 Å². The van der Waals surface area contributed by atoms with E-state index in [2.05, 4.69) is 9.97 Å². The summed E-state index contributed by atoms with van der Waals surface area (Å²) in [4.78, 5) is 8.29. The summed E-state index contributed by atoms with van der Waals surface area (Å²) < 4.78 is 6.66. The number of hydrogen-bond acceptors (Lipinski definition) is 5. The van der Waals surface area contributed by atoms with Crippen LogP contribution in [0, 0.1) is 6.92 Å². The van der Waals surface area contributed by atoms with E-state index in [0.717, 1.165) is 10.2 Å². The molecule has 0 amide bonds.